The summed E-state index contributed by atoms with van der Waals surface area (Å²) in [6.07, 6.45) is 1.52. The molecule has 0 bridgehead atoms. The zero-order valence-corrected chi connectivity index (χ0v) is 11.4. The lowest BCUT2D eigenvalue weighted by Gasteiger charge is -2.13. The topological polar surface area (TPSA) is 50.3 Å². The molecule has 0 fully saturated rings. The van der Waals surface area contributed by atoms with Crippen LogP contribution < -0.4 is 0 Å². The van der Waals surface area contributed by atoms with Crippen molar-refractivity contribution in [1.82, 2.24) is 9.88 Å². The van der Waals surface area contributed by atoms with Gasteiger partial charge in [0.2, 0.25) is 0 Å². The molecular formula is C14H9BrN2O2. The van der Waals surface area contributed by atoms with Crippen LogP contribution in [0.3, 0.4) is 0 Å². The molecule has 1 aromatic carbocycles. The number of pyridine rings is 1. The van der Waals surface area contributed by atoms with Crippen molar-refractivity contribution < 1.29 is 9.59 Å². The summed E-state index contributed by atoms with van der Waals surface area (Å²) in [5.41, 5.74) is 1.52. The fourth-order valence-electron chi connectivity index (χ4n) is 2.03. The van der Waals surface area contributed by atoms with E-state index in [9.17, 15) is 9.59 Å². The highest BCUT2D eigenvalue weighted by Gasteiger charge is 2.36. The first kappa shape index (κ1) is 12.0. The Morgan fingerprint density at radius 1 is 1.05 bits per heavy atom. The van der Waals surface area contributed by atoms with Gasteiger partial charge in [0.25, 0.3) is 11.8 Å². The maximum absolute atomic E-state index is 12.1. The zero-order valence-electron chi connectivity index (χ0n) is 9.84. The minimum absolute atomic E-state index is 0.240. The molecule has 2 aromatic rings. The van der Waals surface area contributed by atoms with Crippen LogP contribution in [0, 0.1) is 0 Å². The lowest BCUT2D eigenvalue weighted by Crippen LogP contribution is -2.29. The van der Waals surface area contributed by atoms with Gasteiger partial charge in [-0.1, -0.05) is 28.1 Å². The Bertz CT molecular complexity index is 632. The van der Waals surface area contributed by atoms with Crippen molar-refractivity contribution in [2.24, 2.45) is 0 Å². The molecule has 94 valence electrons. The quantitative estimate of drug-likeness (QED) is 0.800. The largest absolute Gasteiger partial charge is 0.280 e. The summed E-state index contributed by atoms with van der Waals surface area (Å²) in [5, 5.41) is 0. The van der Waals surface area contributed by atoms with Crippen LogP contribution in [0.4, 0.5) is 0 Å². The van der Waals surface area contributed by atoms with Crippen LogP contribution in [0.2, 0.25) is 0 Å². The Kier molecular flexibility index (Phi) is 2.91. The van der Waals surface area contributed by atoms with Crippen molar-refractivity contribution in [2.45, 2.75) is 6.54 Å². The van der Waals surface area contributed by atoms with E-state index < -0.39 is 0 Å². The molecule has 0 unspecified atom stereocenters. The van der Waals surface area contributed by atoms with Crippen molar-refractivity contribution >= 4 is 27.7 Å². The predicted molar refractivity (Wildman–Crippen MR) is 72.6 cm³/mol. The van der Waals surface area contributed by atoms with Crippen molar-refractivity contribution in [3.05, 3.63) is 63.9 Å². The van der Waals surface area contributed by atoms with Crippen molar-refractivity contribution in [1.29, 1.82) is 0 Å². The Morgan fingerprint density at radius 2 is 1.79 bits per heavy atom. The van der Waals surface area contributed by atoms with Gasteiger partial charge in [0.1, 0.15) is 5.69 Å². The summed E-state index contributed by atoms with van der Waals surface area (Å²) in [6.45, 7) is 0.265. The minimum Gasteiger partial charge on any atom is -0.268 e. The predicted octanol–water partition coefficient (Wildman–Crippen LogP) is 2.64. The van der Waals surface area contributed by atoms with Crippen LogP contribution in [0.25, 0.3) is 0 Å². The van der Waals surface area contributed by atoms with Gasteiger partial charge < -0.3 is 0 Å². The second kappa shape index (κ2) is 4.59. The van der Waals surface area contributed by atoms with E-state index >= 15 is 0 Å². The highest BCUT2D eigenvalue weighted by Crippen LogP contribution is 2.22. The summed E-state index contributed by atoms with van der Waals surface area (Å²) in [4.78, 5) is 29.4. The van der Waals surface area contributed by atoms with E-state index in [0.717, 1.165) is 10.0 Å². The molecule has 19 heavy (non-hydrogen) atoms. The molecule has 1 aliphatic heterocycles. The number of aromatic nitrogens is 1. The van der Waals surface area contributed by atoms with Gasteiger partial charge in [-0.15, -0.1) is 0 Å². The summed E-state index contributed by atoms with van der Waals surface area (Å²) in [5.74, 6) is -0.612. The average Bonchev–Trinajstić information content (AvgIpc) is 2.67. The third-order valence-electron chi connectivity index (χ3n) is 2.98. The fraction of sp³-hybridized carbons (Fsp3) is 0.0714. The average molecular weight is 317 g/mol. The molecule has 2 heterocycles. The third kappa shape index (κ3) is 2.06. The Hall–Kier alpha value is -2.01. The third-order valence-corrected chi connectivity index (χ3v) is 3.51. The van der Waals surface area contributed by atoms with E-state index in [0.29, 0.717) is 5.56 Å². The second-order valence-electron chi connectivity index (χ2n) is 4.22. The smallest absolute Gasteiger partial charge is 0.268 e. The summed E-state index contributed by atoms with van der Waals surface area (Å²) < 4.78 is 0.959. The Morgan fingerprint density at radius 3 is 2.47 bits per heavy atom. The number of benzene rings is 1. The number of hydrogen-bond acceptors (Lipinski definition) is 3. The first-order valence-corrected chi connectivity index (χ1v) is 6.52. The molecule has 4 nitrogen and oxygen atoms in total. The molecule has 5 heteroatoms. The molecule has 2 amide bonds. The number of imide groups is 1. The maximum atomic E-state index is 12.1. The maximum Gasteiger partial charge on any atom is 0.280 e. The molecular weight excluding hydrogens is 308 g/mol. The SMILES string of the molecule is O=C1c2cccnc2C(=O)N1Cc1ccc(Br)cc1. The van der Waals surface area contributed by atoms with Crippen LogP contribution in [0.5, 0.6) is 0 Å². The van der Waals surface area contributed by atoms with Crippen LogP contribution in [-0.2, 0) is 6.54 Å². The first-order valence-electron chi connectivity index (χ1n) is 5.72. The monoisotopic (exact) mass is 316 g/mol. The van der Waals surface area contributed by atoms with Gasteiger partial charge in [-0.25, -0.2) is 0 Å². The molecule has 0 atom stereocenters. The number of rotatable bonds is 2. The summed E-state index contributed by atoms with van der Waals surface area (Å²) in [7, 11) is 0. The van der Waals surface area contributed by atoms with E-state index in [1.165, 1.54) is 11.1 Å². The van der Waals surface area contributed by atoms with E-state index in [4.69, 9.17) is 0 Å². The number of carbonyl (C=O) groups excluding carboxylic acids is 2. The lowest BCUT2D eigenvalue weighted by atomic mass is 10.2. The summed E-state index contributed by atoms with van der Waals surface area (Å²) >= 11 is 3.35. The molecule has 1 aromatic heterocycles. The number of amides is 2. The first-order chi connectivity index (χ1) is 9.16. The number of hydrogen-bond donors (Lipinski definition) is 0. The van der Waals surface area contributed by atoms with Crippen LogP contribution in [-0.4, -0.2) is 21.7 Å². The van der Waals surface area contributed by atoms with E-state index in [1.807, 2.05) is 24.3 Å². The van der Waals surface area contributed by atoms with Crippen molar-refractivity contribution in [3.8, 4) is 0 Å². The van der Waals surface area contributed by atoms with Gasteiger partial charge in [-0.05, 0) is 29.8 Å². The number of fused-ring (bicyclic) bond motifs is 1. The van der Waals surface area contributed by atoms with Crippen molar-refractivity contribution in [3.63, 3.8) is 0 Å². The normalized spacial score (nSPS) is 13.8. The lowest BCUT2D eigenvalue weighted by molar-refractivity contribution is 0.0640. The minimum atomic E-state index is -0.330. The van der Waals surface area contributed by atoms with Crippen LogP contribution in [0.1, 0.15) is 26.4 Å². The summed E-state index contributed by atoms with van der Waals surface area (Å²) in [6, 6.07) is 10.8. The number of carbonyl (C=O) groups is 2. The molecule has 0 N–H and O–H groups in total. The van der Waals surface area contributed by atoms with Gasteiger partial charge in [-0.2, -0.15) is 0 Å². The molecule has 0 saturated heterocycles. The van der Waals surface area contributed by atoms with Gasteiger partial charge in [0, 0.05) is 10.7 Å². The highest BCUT2D eigenvalue weighted by atomic mass is 79.9. The molecule has 0 radical (unpaired) electrons. The second-order valence-corrected chi connectivity index (χ2v) is 5.14. The van der Waals surface area contributed by atoms with Crippen LogP contribution in [0.15, 0.2) is 47.1 Å². The van der Waals surface area contributed by atoms with E-state index in [2.05, 4.69) is 20.9 Å². The number of nitrogens with zero attached hydrogens (tertiary/aromatic N) is 2. The van der Waals surface area contributed by atoms with Crippen molar-refractivity contribution in [2.75, 3.05) is 0 Å². The molecule has 0 saturated carbocycles. The Labute approximate surface area is 118 Å². The zero-order chi connectivity index (χ0) is 13.4. The van der Waals surface area contributed by atoms with Gasteiger partial charge in [0.05, 0.1) is 12.1 Å². The van der Waals surface area contributed by atoms with Crippen LogP contribution >= 0.6 is 15.9 Å². The van der Waals surface area contributed by atoms with Gasteiger partial charge in [0.15, 0.2) is 0 Å². The molecule has 0 aliphatic carbocycles. The molecule has 1 aliphatic rings. The Balaban J connectivity index is 1.90. The fourth-order valence-corrected chi connectivity index (χ4v) is 2.29. The number of halogens is 1. The van der Waals surface area contributed by atoms with Gasteiger partial charge >= 0.3 is 0 Å². The molecule has 3 rings (SSSR count). The standard InChI is InChI=1S/C14H9BrN2O2/c15-10-5-3-9(4-6-10)8-17-13(18)11-2-1-7-16-12(11)14(17)19/h1-7H,8H2. The molecule has 0 spiro atoms. The highest BCUT2D eigenvalue weighted by molar-refractivity contribution is 9.10. The van der Waals surface area contributed by atoms with Gasteiger partial charge in [-0.3, -0.25) is 19.5 Å². The van der Waals surface area contributed by atoms with E-state index in [-0.39, 0.29) is 24.1 Å². The van der Waals surface area contributed by atoms with E-state index in [1.54, 1.807) is 12.1 Å².